The minimum absolute atomic E-state index is 0.161. The van der Waals surface area contributed by atoms with E-state index in [0.717, 1.165) is 4.90 Å². The average molecular weight is 420 g/mol. The summed E-state index contributed by atoms with van der Waals surface area (Å²) in [5.74, 6) is -1.29. The van der Waals surface area contributed by atoms with Gasteiger partial charge in [-0.15, -0.1) is 4.40 Å². The predicted octanol–water partition coefficient (Wildman–Crippen LogP) is -0.0575. The molecule has 0 aliphatic carbocycles. The summed E-state index contributed by atoms with van der Waals surface area (Å²) in [6.45, 7) is 0.947. The first-order valence-electron chi connectivity index (χ1n) is 9.31. The zero-order valence-electron chi connectivity index (χ0n) is 15.5. The number of hydrogen-bond donors (Lipinski definition) is 1. The molecule has 3 aliphatic heterocycles. The van der Waals surface area contributed by atoms with Crippen LogP contribution in [0.2, 0.25) is 0 Å². The van der Waals surface area contributed by atoms with Crippen molar-refractivity contribution in [3.05, 3.63) is 29.8 Å². The molecule has 1 aromatic carbocycles. The highest BCUT2D eigenvalue weighted by Gasteiger charge is 2.36. The Labute approximate surface area is 167 Å². The molecule has 3 amide bonds. The first kappa shape index (κ1) is 19.4. The van der Waals surface area contributed by atoms with Gasteiger partial charge in [0.25, 0.3) is 15.9 Å². The number of hydrogen-bond acceptors (Lipinski definition) is 7. The maximum absolute atomic E-state index is 12.5. The molecule has 0 radical (unpaired) electrons. The van der Waals surface area contributed by atoms with Crippen LogP contribution in [0.4, 0.5) is 4.79 Å². The van der Waals surface area contributed by atoms with Crippen molar-refractivity contribution < 1.29 is 27.5 Å². The van der Waals surface area contributed by atoms with Crippen LogP contribution in [0.3, 0.4) is 0 Å². The molecule has 0 aromatic heterocycles. The van der Waals surface area contributed by atoms with E-state index in [-0.39, 0.29) is 18.0 Å². The molecule has 10 nitrogen and oxygen atoms in total. The van der Waals surface area contributed by atoms with Gasteiger partial charge < -0.3 is 15.0 Å². The molecule has 0 spiro atoms. The number of urea groups is 1. The van der Waals surface area contributed by atoms with E-state index in [1.165, 1.54) is 6.07 Å². The number of ether oxygens (including phenoxy) is 1. The van der Waals surface area contributed by atoms with E-state index < -0.39 is 40.5 Å². The second-order valence-corrected chi connectivity index (χ2v) is 8.63. The first-order chi connectivity index (χ1) is 13.9. The van der Waals surface area contributed by atoms with E-state index in [4.69, 9.17) is 4.74 Å². The zero-order valence-corrected chi connectivity index (χ0v) is 16.4. The number of rotatable bonds is 3. The summed E-state index contributed by atoms with van der Waals surface area (Å²) in [7, 11) is -3.74. The van der Waals surface area contributed by atoms with Crippen molar-refractivity contribution >= 4 is 33.8 Å². The maximum atomic E-state index is 12.5. The van der Waals surface area contributed by atoms with Crippen molar-refractivity contribution in [2.24, 2.45) is 10.3 Å². The Bertz CT molecular complexity index is 1010. The number of carbonyl (C=O) groups excluding carboxylic acids is 3. The molecular weight excluding hydrogens is 400 g/mol. The third-order valence-electron chi connectivity index (χ3n) is 5.16. The van der Waals surface area contributed by atoms with Gasteiger partial charge in [-0.05, 0) is 25.0 Å². The van der Waals surface area contributed by atoms with Crippen molar-refractivity contribution in [2.45, 2.75) is 17.7 Å². The standard InChI is InChI=1S/C18H20N4O6S/c23-15(22-9-7-19-18(22)25)11-28-17(24)12-4-3-8-21(10-12)16-13-5-1-2-6-14(13)29(26,27)20-16/h1-2,5-6,12H,3-4,7-11H2,(H,19,25). The maximum Gasteiger partial charge on any atom is 0.324 e. The van der Waals surface area contributed by atoms with Gasteiger partial charge >= 0.3 is 12.0 Å². The predicted molar refractivity (Wildman–Crippen MR) is 101 cm³/mol. The third kappa shape index (κ3) is 3.69. The average Bonchev–Trinajstić information content (AvgIpc) is 3.27. The molecule has 29 heavy (non-hydrogen) atoms. The van der Waals surface area contributed by atoms with Gasteiger partial charge in [0.1, 0.15) is 4.90 Å². The smallest absolute Gasteiger partial charge is 0.324 e. The molecule has 1 aromatic rings. The number of benzene rings is 1. The first-order valence-corrected chi connectivity index (χ1v) is 10.7. The van der Waals surface area contributed by atoms with Gasteiger partial charge in [-0.2, -0.15) is 8.42 Å². The van der Waals surface area contributed by atoms with E-state index >= 15 is 0 Å². The van der Waals surface area contributed by atoms with Gasteiger partial charge in [0, 0.05) is 31.7 Å². The summed E-state index contributed by atoms with van der Waals surface area (Å²) in [5, 5.41) is 2.51. The number of nitrogens with one attached hydrogen (secondary N) is 1. The van der Waals surface area contributed by atoms with Crippen LogP contribution in [0.25, 0.3) is 0 Å². The molecule has 0 bridgehead atoms. The van der Waals surface area contributed by atoms with E-state index in [1.54, 1.807) is 23.1 Å². The largest absolute Gasteiger partial charge is 0.455 e. The van der Waals surface area contributed by atoms with Crippen molar-refractivity contribution in [2.75, 3.05) is 32.8 Å². The molecule has 11 heteroatoms. The molecule has 3 heterocycles. The Balaban J connectivity index is 1.41. The minimum Gasteiger partial charge on any atom is -0.455 e. The van der Waals surface area contributed by atoms with Gasteiger partial charge in [-0.1, -0.05) is 12.1 Å². The highest BCUT2D eigenvalue weighted by Crippen LogP contribution is 2.30. The summed E-state index contributed by atoms with van der Waals surface area (Å²) in [6, 6.07) is 6.10. The molecule has 1 atom stereocenters. The number of likely N-dealkylation sites (tertiary alicyclic amines) is 1. The van der Waals surface area contributed by atoms with Crippen molar-refractivity contribution in [1.29, 1.82) is 0 Å². The van der Waals surface area contributed by atoms with Crippen LogP contribution in [-0.2, 0) is 24.3 Å². The lowest BCUT2D eigenvalue weighted by molar-refractivity contribution is -0.155. The van der Waals surface area contributed by atoms with Crippen LogP contribution in [0.1, 0.15) is 18.4 Å². The Kier molecular flexibility index (Phi) is 4.99. The minimum atomic E-state index is -3.74. The van der Waals surface area contributed by atoms with Crippen molar-refractivity contribution in [3.8, 4) is 0 Å². The third-order valence-corrected chi connectivity index (χ3v) is 6.49. The Morgan fingerprint density at radius 2 is 2.03 bits per heavy atom. The van der Waals surface area contributed by atoms with Gasteiger partial charge in [0.05, 0.1) is 5.92 Å². The fourth-order valence-corrected chi connectivity index (χ4v) is 4.94. The molecule has 2 fully saturated rings. The summed E-state index contributed by atoms with van der Waals surface area (Å²) in [4.78, 5) is 38.9. The topological polar surface area (TPSA) is 125 Å². The van der Waals surface area contributed by atoms with Crippen molar-refractivity contribution in [1.82, 2.24) is 15.1 Å². The molecular formula is C18H20N4O6S. The fraction of sp³-hybridized carbons (Fsp3) is 0.444. The second-order valence-electron chi connectivity index (χ2n) is 7.06. The van der Waals surface area contributed by atoms with Gasteiger partial charge in [0.2, 0.25) is 0 Å². The monoisotopic (exact) mass is 420 g/mol. The summed E-state index contributed by atoms with van der Waals surface area (Å²) >= 11 is 0. The quantitative estimate of drug-likeness (QED) is 0.679. The van der Waals surface area contributed by atoms with Crippen LogP contribution < -0.4 is 5.32 Å². The van der Waals surface area contributed by atoms with E-state index in [1.807, 2.05) is 0 Å². The Hall–Kier alpha value is -2.95. The lowest BCUT2D eigenvalue weighted by atomic mass is 9.97. The lowest BCUT2D eigenvalue weighted by Crippen LogP contribution is -2.43. The van der Waals surface area contributed by atoms with Gasteiger partial charge in [-0.25, -0.2) is 4.79 Å². The van der Waals surface area contributed by atoms with Crippen LogP contribution in [0.15, 0.2) is 33.6 Å². The molecule has 1 unspecified atom stereocenters. The number of fused-ring (bicyclic) bond motifs is 1. The van der Waals surface area contributed by atoms with Crippen LogP contribution >= 0.6 is 0 Å². The van der Waals surface area contributed by atoms with Crippen molar-refractivity contribution in [3.63, 3.8) is 0 Å². The van der Waals surface area contributed by atoms with Crippen LogP contribution in [0, 0.1) is 5.92 Å². The second kappa shape index (κ2) is 7.47. The Morgan fingerprint density at radius 1 is 1.24 bits per heavy atom. The number of amides is 3. The summed E-state index contributed by atoms with van der Waals surface area (Å²) in [6.07, 6.45) is 1.22. The molecule has 2 saturated heterocycles. The van der Waals surface area contributed by atoms with Crippen LogP contribution in [-0.4, -0.2) is 74.7 Å². The SMILES string of the molecule is O=C(OCC(=O)N1CCNC1=O)C1CCCN(C2=NS(=O)(=O)c3ccccc32)C1. The van der Waals surface area contributed by atoms with Gasteiger partial charge in [0.15, 0.2) is 12.4 Å². The number of nitrogens with zero attached hydrogens (tertiary/aromatic N) is 3. The normalized spacial score (nSPS) is 22.7. The summed E-state index contributed by atoms with van der Waals surface area (Å²) in [5.41, 5.74) is 0.525. The lowest BCUT2D eigenvalue weighted by Gasteiger charge is -2.32. The number of sulfonamides is 1. The number of imide groups is 1. The number of amidine groups is 1. The zero-order chi connectivity index (χ0) is 20.6. The highest BCUT2D eigenvalue weighted by atomic mass is 32.2. The number of carbonyl (C=O) groups is 3. The summed E-state index contributed by atoms with van der Waals surface area (Å²) < 4.78 is 33.6. The highest BCUT2D eigenvalue weighted by molar-refractivity contribution is 7.90. The molecule has 4 rings (SSSR count). The van der Waals surface area contributed by atoms with E-state index in [0.29, 0.717) is 37.3 Å². The van der Waals surface area contributed by atoms with E-state index in [2.05, 4.69) is 9.71 Å². The Morgan fingerprint density at radius 3 is 2.79 bits per heavy atom. The number of esters is 1. The van der Waals surface area contributed by atoms with Crippen LogP contribution in [0.5, 0.6) is 0 Å². The molecule has 0 saturated carbocycles. The van der Waals surface area contributed by atoms with E-state index in [9.17, 15) is 22.8 Å². The van der Waals surface area contributed by atoms with Gasteiger partial charge in [-0.3, -0.25) is 14.5 Å². The fourth-order valence-electron chi connectivity index (χ4n) is 3.72. The molecule has 154 valence electrons. The molecule has 1 N–H and O–H groups in total. The number of piperidine rings is 1. The molecule has 3 aliphatic rings.